The first-order valence-corrected chi connectivity index (χ1v) is 4.65. The Morgan fingerprint density at radius 2 is 2.29 bits per heavy atom. The lowest BCUT2D eigenvalue weighted by Crippen LogP contribution is -1.98. The van der Waals surface area contributed by atoms with E-state index in [1.165, 1.54) is 0 Å². The standard InChI is InChI=1S/C8H4BrFN2O2/c9-3-6-7(10)1-5(4-11)2-8(6)12(13)14/h1-2H,3H2. The topological polar surface area (TPSA) is 66.9 Å². The molecule has 4 nitrogen and oxygen atoms in total. The van der Waals surface area contributed by atoms with Crippen LogP contribution in [0.1, 0.15) is 11.1 Å². The monoisotopic (exact) mass is 258 g/mol. The lowest BCUT2D eigenvalue weighted by Gasteiger charge is -2.00. The van der Waals surface area contributed by atoms with Crippen molar-refractivity contribution in [1.29, 1.82) is 5.26 Å². The number of hydrogen-bond acceptors (Lipinski definition) is 3. The normalized spacial score (nSPS) is 9.50. The molecule has 0 bridgehead atoms. The van der Waals surface area contributed by atoms with E-state index in [0.29, 0.717) is 0 Å². The Kier molecular flexibility index (Phi) is 3.14. The largest absolute Gasteiger partial charge is 0.277 e. The summed E-state index contributed by atoms with van der Waals surface area (Å²) >= 11 is 2.95. The van der Waals surface area contributed by atoms with Gasteiger partial charge < -0.3 is 0 Å². The number of alkyl halides is 1. The van der Waals surface area contributed by atoms with Crippen molar-refractivity contribution in [2.75, 3.05) is 0 Å². The smallest absolute Gasteiger partial charge is 0.258 e. The van der Waals surface area contributed by atoms with Crippen molar-refractivity contribution >= 4 is 21.6 Å². The van der Waals surface area contributed by atoms with E-state index in [1.807, 2.05) is 0 Å². The number of nitro benzene ring substituents is 1. The molecule has 0 aliphatic carbocycles. The molecule has 0 amide bonds. The van der Waals surface area contributed by atoms with Crippen molar-refractivity contribution in [3.05, 3.63) is 39.2 Å². The zero-order valence-electron chi connectivity index (χ0n) is 6.83. The molecule has 1 aromatic rings. The maximum Gasteiger partial charge on any atom is 0.277 e. The van der Waals surface area contributed by atoms with Gasteiger partial charge in [0.15, 0.2) is 0 Å². The third kappa shape index (κ3) is 1.88. The third-order valence-electron chi connectivity index (χ3n) is 1.63. The van der Waals surface area contributed by atoms with E-state index in [4.69, 9.17) is 5.26 Å². The summed E-state index contributed by atoms with van der Waals surface area (Å²) in [5, 5.41) is 19.0. The maximum atomic E-state index is 13.2. The van der Waals surface area contributed by atoms with Crippen LogP contribution in [0.2, 0.25) is 0 Å². The Morgan fingerprint density at radius 1 is 1.64 bits per heavy atom. The molecular weight excluding hydrogens is 255 g/mol. The van der Waals surface area contributed by atoms with Crippen molar-refractivity contribution in [2.45, 2.75) is 5.33 Å². The summed E-state index contributed by atoms with van der Waals surface area (Å²) < 4.78 is 13.2. The summed E-state index contributed by atoms with van der Waals surface area (Å²) in [6.07, 6.45) is 0. The van der Waals surface area contributed by atoms with E-state index >= 15 is 0 Å². The molecule has 0 aromatic heterocycles. The molecule has 0 spiro atoms. The molecule has 0 atom stereocenters. The molecule has 1 aromatic carbocycles. The van der Waals surface area contributed by atoms with Crippen LogP contribution in [0.25, 0.3) is 0 Å². The third-order valence-corrected chi connectivity index (χ3v) is 2.19. The summed E-state index contributed by atoms with van der Waals surface area (Å²) in [6.45, 7) is 0. The Bertz CT molecular complexity index is 428. The Hall–Kier alpha value is -1.48. The van der Waals surface area contributed by atoms with Gasteiger partial charge in [0.25, 0.3) is 5.69 Å². The lowest BCUT2D eigenvalue weighted by molar-refractivity contribution is -0.385. The highest BCUT2D eigenvalue weighted by molar-refractivity contribution is 9.08. The van der Waals surface area contributed by atoms with Crippen LogP contribution in [0.15, 0.2) is 12.1 Å². The number of nitro groups is 1. The quantitative estimate of drug-likeness (QED) is 0.465. The number of nitrogens with zero attached hydrogens (tertiary/aromatic N) is 2. The second-order valence-corrected chi connectivity index (χ2v) is 3.02. The van der Waals surface area contributed by atoms with Crippen LogP contribution in [-0.2, 0) is 5.33 Å². The molecule has 0 fully saturated rings. The summed E-state index contributed by atoms with van der Waals surface area (Å²) in [5.41, 5.74) is -0.480. The number of benzene rings is 1. The first-order chi connectivity index (χ1) is 6.60. The van der Waals surface area contributed by atoms with E-state index < -0.39 is 10.7 Å². The highest BCUT2D eigenvalue weighted by Gasteiger charge is 2.18. The fraction of sp³-hybridized carbons (Fsp3) is 0.125. The Morgan fingerprint density at radius 3 is 2.71 bits per heavy atom. The van der Waals surface area contributed by atoms with E-state index in [2.05, 4.69) is 15.9 Å². The zero-order valence-corrected chi connectivity index (χ0v) is 8.41. The molecular formula is C8H4BrFN2O2. The van der Waals surface area contributed by atoms with Gasteiger partial charge in [-0.15, -0.1) is 0 Å². The van der Waals surface area contributed by atoms with Crippen molar-refractivity contribution in [2.24, 2.45) is 0 Å². The van der Waals surface area contributed by atoms with Crippen LogP contribution < -0.4 is 0 Å². The van der Waals surface area contributed by atoms with Gasteiger partial charge >= 0.3 is 0 Å². The van der Waals surface area contributed by atoms with Gasteiger partial charge in [-0.2, -0.15) is 5.26 Å². The summed E-state index contributed by atoms with van der Waals surface area (Å²) in [7, 11) is 0. The zero-order chi connectivity index (χ0) is 10.7. The minimum atomic E-state index is -0.743. The predicted molar refractivity (Wildman–Crippen MR) is 50.4 cm³/mol. The van der Waals surface area contributed by atoms with Gasteiger partial charge in [0.2, 0.25) is 0 Å². The van der Waals surface area contributed by atoms with Gasteiger partial charge in [-0.05, 0) is 6.07 Å². The highest BCUT2D eigenvalue weighted by Crippen LogP contribution is 2.25. The Balaban J connectivity index is 3.45. The fourth-order valence-electron chi connectivity index (χ4n) is 0.982. The summed E-state index contributed by atoms with van der Waals surface area (Å²) in [4.78, 5) is 9.80. The average molecular weight is 259 g/mol. The molecule has 14 heavy (non-hydrogen) atoms. The predicted octanol–water partition coefficient (Wildman–Crippen LogP) is 2.50. The number of halogens is 2. The lowest BCUT2D eigenvalue weighted by atomic mass is 10.1. The molecule has 0 N–H and O–H groups in total. The number of nitriles is 1. The van der Waals surface area contributed by atoms with Crippen molar-refractivity contribution < 1.29 is 9.31 Å². The molecule has 0 aliphatic rings. The maximum absolute atomic E-state index is 13.2. The number of hydrogen-bond donors (Lipinski definition) is 0. The minimum Gasteiger partial charge on any atom is -0.258 e. The van der Waals surface area contributed by atoms with Gasteiger partial charge in [0.1, 0.15) is 5.82 Å². The van der Waals surface area contributed by atoms with Gasteiger partial charge in [-0.1, -0.05) is 15.9 Å². The van der Waals surface area contributed by atoms with E-state index in [0.717, 1.165) is 12.1 Å². The molecule has 0 heterocycles. The molecule has 0 radical (unpaired) electrons. The molecule has 0 saturated carbocycles. The fourth-order valence-corrected chi connectivity index (χ4v) is 1.54. The van der Waals surface area contributed by atoms with Crippen LogP contribution in [-0.4, -0.2) is 4.92 Å². The molecule has 0 saturated heterocycles. The average Bonchev–Trinajstić information content (AvgIpc) is 2.16. The first-order valence-electron chi connectivity index (χ1n) is 3.53. The van der Waals surface area contributed by atoms with Crippen LogP contribution in [0.3, 0.4) is 0 Å². The van der Waals surface area contributed by atoms with E-state index in [-0.39, 0.29) is 22.1 Å². The molecule has 0 unspecified atom stereocenters. The number of rotatable bonds is 2. The Labute approximate surface area is 87.2 Å². The van der Waals surface area contributed by atoms with Crippen molar-refractivity contribution in [3.63, 3.8) is 0 Å². The van der Waals surface area contributed by atoms with E-state index in [9.17, 15) is 14.5 Å². The van der Waals surface area contributed by atoms with Gasteiger partial charge in [-0.3, -0.25) is 10.1 Å². The summed E-state index contributed by atoms with van der Waals surface area (Å²) in [5.74, 6) is -0.743. The second kappa shape index (κ2) is 4.15. The molecule has 72 valence electrons. The van der Waals surface area contributed by atoms with Gasteiger partial charge in [-0.25, -0.2) is 4.39 Å². The van der Waals surface area contributed by atoms with Crippen LogP contribution in [0, 0.1) is 27.3 Å². The van der Waals surface area contributed by atoms with E-state index in [1.54, 1.807) is 6.07 Å². The first kappa shape index (κ1) is 10.6. The van der Waals surface area contributed by atoms with Crippen LogP contribution >= 0.6 is 15.9 Å². The second-order valence-electron chi connectivity index (χ2n) is 2.46. The molecule has 0 aliphatic heterocycles. The molecule has 1 rings (SSSR count). The minimum absolute atomic E-state index is 0.0425. The highest BCUT2D eigenvalue weighted by atomic mass is 79.9. The summed E-state index contributed by atoms with van der Waals surface area (Å²) in [6, 6.07) is 3.69. The van der Waals surface area contributed by atoms with Gasteiger partial charge in [0, 0.05) is 11.4 Å². The van der Waals surface area contributed by atoms with Crippen LogP contribution in [0.4, 0.5) is 10.1 Å². The SMILES string of the molecule is N#Cc1cc(F)c(CBr)c([N+](=O)[O-])c1. The van der Waals surface area contributed by atoms with Crippen molar-refractivity contribution in [1.82, 2.24) is 0 Å². The van der Waals surface area contributed by atoms with Gasteiger partial charge in [0.05, 0.1) is 22.1 Å². The molecule has 6 heteroatoms. The van der Waals surface area contributed by atoms with Crippen LogP contribution in [0.5, 0.6) is 0 Å². The van der Waals surface area contributed by atoms with Crippen molar-refractivity contribution in [3.8, 4) is 6.07 Å².